The molecule has 1 N–H and O–H groups in total. The fourth-order valence-electron chi connectivity index (χ4n) is 2.07. The normalized spacial score (nSPS) is 14.2. The Balaban J connectivity index is 2.83. The third-order valence-electron chi connectivity index (χ3n) is 3.03. The molecule has 0 radical (unpaired) electrons. The summed E-state index contributed by atoms with van der Waals surface area (Å²) in [6.07, 6.45) is 0.592. The molecule has 0 heterocycles. The molecule has 2 unspecified atom stereocenters. The summed E-state index contributed by atoms with van der Waals surface area (Å²) in [4.78, 5) is 11.7. The van der Waals surface area contributed by atoms with Gasteiger partial charge in [-0.2, -0.15) is 0 Å². The highest BCUT2D eigenvalue weighted by Gasteiger charge is 2.23. The fraction of sp³-hybridized carbons (Fsp3) is 0.533. The van der Waals surface area contributed by atoms with Gasteiger partial charge < -0.3 is 4.74 Å². The van der Waals surface area contributed by atoms with Crippen molar-refractivity contribution < 1.29 is 18.3 Å². The van der Waals surface area contributed by atoms with Gasteiger partial charge in [0.2, 0.25) is 0 Å². The Morgan fingerprint density at radius 3 is 2.20 bits per heavy atom. The van der Waals surface area contributed by atoms with E-state index >= 15 is 0 Å². The maximum atomic E-state index is 13.2. The van der Waals surface area contributed by atoms with Crippen LogP contribution in [0.5, 0.6) is 0 Å². The van der Waals surface area contributed by atoms with Crippen molar-refractivity contribution >= 4 is 5.97 Å². The minimum Gasteiger partial charge on any atom is -0.468 e. The largest absolute Gasteiger partial charge is 0.468 e. The predicted molar refractivity (Wildman–Crippen MR) is 73.2 cm³/mol. The van der Waals surface area contributed by atoms with Gasteiger partial charge in [0, 0.05) is 12.1 Å². The van der Waals surface area contributed by atoms with Gasteiger partial charge in [0.15, 0.2) is 0 Å². The van der Waals surface area contributed by atoms with E-state index in [1.807, 2.05) is 13.8 Å². The quantitative estimate of drug-likeness (QED) is 0.816. The van der Waals surface area contributed by atoms with Crippen molar-refractivity contribution in [2.75, 3.05) is 7.11 Å². The monoisotopic (exact) mass is 285 g/mol. The van der Waals surface area contributed by atoms with Crippen LogP contribution in [0.4, 0.5) is 8.78 Å². The highest BCUT2D eigenvalue weighted by atomic mass is 19.1. The molecule has 112 valence electrons. The van der Waals surface area contributed by atoms with Crippen LogP contribution in [-0.2, 0) is 9.53 Å². The zero-order chi connectivity index (χ0) is 15.3. The standard InChI is InChI=1S/C15H21F2NO2/c1-9(2)5-14(15(19)20-4)18-10(3)11-6-12(16)8-13(17)7-11/h6-10,14,18H,5H2,1-4H3. The van der Waals surface area contributed by atoms with Gasteiger partial charge in [-0.3, -0.25) is 10.1 Å². The second-order valence-electron chi connectivity index (χ2n) is 5.30. The van der Waals surface area contributed by atoms with E-state index in [2.05, 4.69) is 5.32 Å². The molecule has 0 aromatic heterocycles. The van der Waals surface area contributed by atoms with E-state index in [0.717, 1.165) is 6.07 Å². The van der Waals surface area contributed by atoms with Gasteiger partial charge in [-0.25, -0.2) is 8.78 Å². The molecule has 0 saturated carbocycles. The minimum absolute atomic E-state index is 0.294. The SMILES string of the molecule is COC(=O)C(CC(C)C)NC(C)c1cc(F)cc(F)c1. The Hall–Kier alpha value is -1.49. The number of nitrogens with one attached hydrogen (secondary N) is 1. The summed E-state index contributed by atoms with van der Waals surface area (Å²) in [5.74, 6) is -1.34. The molecule has 0 spiro atoms. The van der Waals surface area contributed by atoms with Crippen molar-refractivity contribution in [3.8, 4) is 0 Å². The number of hydrogen-bond donors (Lipinski definition) is 1. The van der Waals surface area contributed by atoms with Gasteiger partial charge in [0.25, 0.3) is 0 Å². The van der Waals surface area contributed by atoms with Crippen molar-refractivity contribution in [1.82, 2.24) is 5.32 Å². The molecule has 0 amide bonds. The Morgan fingerprint density at radius 2 is 1.75 bits per heavy atom. The lowest BCUT2D eigenvalue weighted by atomic mass is 10.0. The maximum absolute atomic E-state index is 13.2. The van der Waals surface area contributed by atoms with E-state index in [0.29, 0.717) is 17.9 Å². The molecule has 0 aliphatic heterocycles. The van der Waals surface area contributed by atoms with E-state index in [4.69, 9.17) is 4.74 Å². The van der Waals surface area contributed by atoms with Crippen LogP contribution in [0.15, 0.2) is 18.2 Å². The zero-order valence-corrected chi connectivity index (χ0v) is 12.2. The molecule has 0 fully saturated rings. The highest BCUT2D eigenvalue weighted by Crippen LogP contribution is 2.18. The van der Waals surface area contributed by atoms with Gasteiger partial charge in [0.05, 0.1) is 7.11 Å². The molecule has 0 aliphatic carbocycles. The molecule has 20 heavy (non-hydrogen) atoms. The number of benzene rings is 1. The zero-order valence-electron chi connectivity index (χ0n) is 12.2. The lowest BCUT2D eigenvalue weighted by Gasteiger charge is -2.23. The van der Waals surface area contributed by atoms with Crippen LogP contribution in [0, 0.1) is 17.6 Å². The van der Waals surface area contributed by atoms with Gasteiger partial charge in [-0.15, -0.1) is 0 Å². The third kappa shape index (κ3) is 4.89. The Morgan fingerprint density at radius 1 is 1.20 bits per heavy atom. The number of hydrogen-bond acceptors (Lipinski definition) is 3. The number of carbonyl (C=O) groups excluding carboxylic acids is 1. The Kier molecular flexibility index (Phi) is 6.07. The van der Waals surface area contributed by atoms with Crippen LogP contribution in [0.2, 0.25) is 0 Å². The minimum atomic E-state index is -0.632. The van der Waals surface area contributed by atoms with Crippen molar-refractivity contribution in [2.24, 2.45) is 5.92 Å². The first-order valence-corrected chi connectivity index (χ1v) is 6.63. The molecule has 1 rings (SSSR count). The first kappa shape index (κ1) is 16.6. The summed E-state index contributed by atoms with van der Waals surface area (Å²) in [7, 11) is 1.32. The summed E-state index contributed by atoms with van der Waals surface area (Å²) in [6.45, 7) is 5.73. The van der Waals surface area contributed by atoms with Crippen LogP contribution in [0.3, 0.4) is 0 Å². The van der Waals surface area contributed by atoms with Crippen molar-refractivity contribution in [3.05, 3.63) is 35.4 Å². The highest BCUT2D eigenvalue weighted by molar-refractivity contribution is 5.75. The molecule has 0 aliphatic rings. The van der Waals surface area contributed by atoms with E-state index in [-0.39, 0.29) is 12.0 Å². The molecular formula is C15H21F2NO2. The molecule has 5 heteroatoms. The lowest BCUT2D eigenvalue weighted by molar-refractivity contribution is -0.143. The summed E-state index contributed by atoms with van der Waals surface area (Å²) >= 11 is 0. The lowest BCUT2D eigenvalue weighted by Crippen LogP contribution is -2.40. The average Bonchev–Trinajstić information content (AvgIpc) is 2.35. The molecule has 2 atom stereocenters. The molecule has 3 nitrogen and oxygen atoms in total. The van der Waals surface area contributed by atoms with Crippen LogP contribution >= 0.6 is 0 Å². The fourth-order valence-corrected chi connectivity index (χ4v) is 2.07. The molecule has 0 bridgehead atoms. The first-order chi connectivity index (χ1) is 9.33. The van der Waals surface area contributed by atoms with E-state index in [1.54, 1.807) is 6.92 Å². The smallest absolute Gasteiger partial charge is 0.322 e. The Bertz CT molecular complexity index is 443. The number of halogens is 2. The van der Waals surface area contributed by atoms with Gasteiger partial charge >= 0.3 is 5.97 Å². The topological polar surface area (TPSA) is 38.3 Å². The number of carbonyl (C=O) groups is 1. The molecule has 1 aromatic carbocycles. The van der Waals surface area contributed by atoms with Crippen molar-refractivity contribution in [3.63, 3.8) is 0 Å². The third-order valence-corrected chi connectivity index (χ3v) is 3.03. The van der Waals surface area contributed by atoms with Gasteiger partial charge in [-0.05, 0) is 37.0 Å². The van der Waals surface area contributed by atoms with Gasteiger partial charge in [-0.1, -0.05) is 13.8 Å². The number of esters is 1. The molecule has 0 saturated heterocycles. The number of ether oxygens (including phenoxy) is 1. The summed E-state index contributed by atoms with van der Waals surface area (Å²) in [5, 5.41) is 3.06. The maximum Gasteiger partial charge on any atom is 0.322 e. The van der Waals surface area contributed by atoms with Crippen LogP contribution in [0.1, 0.15) is 38.8 Å². The summed E-state index contributed by atoms with van der Waals surface area (Å²) < 4.78 is 31.2. The first-order valence-electron chi connectivity index (χ1n) is 6.63. The van der Waals surface area contributed by atoms with E-state index in [9.17, 15) is 13.6 Å². The van der Waals surface area contributed by atoms with Crippen molar-refractivity contribution in [1.29, 1.82) is 0 Å². The Labute approximate surface area is 118 Å². The number of rotatable bonds is 6. The van der Waals surface area contributed by atoms with Gasteiger partial charge in [0.1, 0.15) is 17.7 Å². The van der Waals surface area contributed by atoms with Crippen LogP contribution in [-0.4, -0.2) is 19.1 Å². The second kappa shape index (κ2) is 7.33. The van der Waals surface area contributed by atoms with E-state index in [1.165, 1.54) is 19.2 Å². The molecular weight excluding hydrogens is 264 g/mol. The number of methoxy groups -OCH3 is 1. The summed E-state index contributed by atoms with van der Waals surface area (Å²) in [5.41, 5.74) is 0.458. The summed E-state index contributed by atoms with van der Waals surface area (Å²) in [6, 6.07) is 2.47. The van der Waals surface area contributed by atoms with Crippen molar-refractivity contribution in [2.45, 2.75) is 39.3 Å². The second-order valence-corrected chi connectivity index (χ2v) is 5.30. The molecule has 1 aromatic rings. The predicted octanol–water partition coefficient (Wildman–Crippen LogP) is 3.20. The van der Waals surface area contributed by atoms with Crippen LogP contribution < -0.4 is 5.32 Å². The van der Waals surface area contributed by atoms with E-state index < -0.39 is 17.7 Å². The average molecular weight is 285 g/mol. The van der Waals surface area contributed by atoms with Crippen LogP contribution in [0.25, 0.3) is 0 Å².